The minimum atomic E-state index is 0.683. The number of aromatic nitrogens is 2. The van der Waals surface area contributed by atoms with Crippen LogP contribution in [0.2, 0.25) is 0 Å². The molecule has 0 radical (unpaired) electrons. The van der Waals surface area contributed by atoms with E-state index >= 15 is 0 Å². The van der Waals surface area contributed by atoms with Gasteiger partial charge in [0.05, 0.1) is 0 Å². The van der Waals surface area contributed by atoms with Crippen LogP contribution in [-0.2, 0) is 6.42 Å². The van der Waals surface area contributed by atoms with Gasteiger partial charge in [0.15, 0.2) is 0 Å². The van der Waals surface area contributed by atoms with Gasteiger partial charge in [-0.05, 0) is 37.6 Å². The highest BCUT2D eigenvalue weighted by molar-refractivity contribution is 7.15. The third-order valence-corrected chi connectivity index (χ3v) is 2.92. The molecule has 0 saturated heterocycles. The number of hydrogen-bond donors (Lipinski definition) is 2. The standard InChI is InChI=1S/C11H14N4S/c1-8-14-15-11(16-8)13-10-4-2-9(3-5-10)6-7-12/h2-5H,6-7,12H2,1H3,(H,13,15). The van der Waals surface area contributed by atoms with Crippen molar-refractivity contribution in [3.63, 3.8) is 0 Å². The molecule has 4 nitrogen and oxygen atoms in total. The number of nitrogens with zero attached hydrogens (tertiary/aromatic N) is 2. The van der Waals surface area contributed by atoms with E-state index in [4.69, 9.17) is 5.73 Å². The zero-order valence-electron chi connectivity index (χ0n) is 9.10. The van der Waals surface area contributed by atoms with E-state index in [1.54, 1.807) is 11.3 Å². The molecule has 0 atom stereocenters. The lowest BCUT2D eigenvalue weighted by Gasteiger charge is -2.03. The van der Waals surface area contributed by atoms with E-state index in [9.17, 15) is 0 Å². The fourth-order valence-electron chi connectivity index (χ4n) is 1.39. The molecule has 0 saturated carbocycles. The van der Waals surface area contributed by atoms with E-state index in [1.165, 1.54) is 5.56 Å². The highest BCUT2D eigenvalue weighted by Gasteiger charge is 2.00. The minimum absolute atomic E-state index is 0.683. The summed E-state index contributed by atoms with van der Waals surface area (Å²) >= 11 is 1.54. The van der Waals surface area contributed by atoms with E-state index in [0.717, 1.165) is 22.2 Å². The summed E-state index contributed by atoms with van der Waals surface area (Å²) in [6.45, 7) is 2.62. The molecule has 0 fully saturated rings. The predicted molar refractivity (Wildman–Crippen MR) is 67.1 cm³/mol. The van der Waals surface area contributed by atoms with Crippen LogP contribution < -0.4 is 11.1 Å². The van der Waals surface area contributed by atoms with Gasteiger partial charge in [0.25, 0.3) is 0 Å². The van der Waals surface area contributed by atoms with Crippen LogP contribution in [0.25, 0.3) is 0 Å². The SMILES string of the molecule is Cc1nnc(Nc2ccc(CCN)cc2)s1. The van der Waals surface area contributed by atoms with E-state index < -0.39 is 0 Å². The van der Waals surface area contributed by atoms with Crippen molar-refractivity contribution in [3.05, 3.63) is 34.8 Å². The lowest BCUT2D eigenvalue weighted by Crippen LogP contribution is -2.02. The zero-order valence-corrected chi connectivity index (χ0v) is 9.92. The molecular weight excluding hydrogens is 220 g/mol. The summed E-state index contributed by atoms with van der Waals surface area (Å²) in [6.07, 6.45) is 0.915. The Kier molecular flexibility index (Phi) is 3.48. The molecule has 0 bridgehead atoms. The molecule has 0 aliphatic rings. The first-order valence-corrected chi connectivity index (χ1v) is 5.96. The molecule has 0 aliphatic heterocycles. The Morgan fingerprint density at radius 1 is 1.25 bits per heavy atom. The van der Waals surface area contributed by atoms with Gasteiger partial charge >= 0.3 is 0 Å². The minimum Gasteiger partial charge on any atom is -0.330 e. The summed E-state index contributed by atoms with van der Waals surface area (Å²) in [5.41, 5.74) is 7.77. The van der Waals surface area contributed by atoms with Gasteiger partial charge in [-0.1, -0.05) is 23.5 Å². The summed E-state index contributed by atoms with van der Waals surface area (Å²) in [4.78, 5) is 0. The molecule has 0 aliphatic carbocycles. The summed E-state index contributed by atoms with van der Waals surface area (Å²) in [7, 11) is 0. The molecule has 1 aromatic heterocycles. The number of nitrogens with one attached hydrogen (secondary N) is 1. The van der Waals surface area contributed by atoms with Crippen LogP contribution >= 0.6 is 11.3 Å². The second-order valence-corrected chi connectivity index (χ2v) is 4.67. The van der Waals surface area contributed by atoms with E-state index in [1.807, 2.05) is 19.1 Å². The maximum absolute atomic E-state index is 5.49. The van der Waals surface area contributed by atoms with Crippen molar-refractivity contribution in [1.82, 2.24) is 10.2 Å². The fourth-order valence-corrected chi connectivity index (χ4v) is 2.00. The molecule has 0 spiro atoms. The molecule has 2 rings (SSSR count). The van der Waals surface area contributed by atoms with Crippen LogP contribution in [0.15, 0.2) is 24.3 Å². The van der Waals surface area contributed by atoms with Crippen LogP contribution in [0.4, 0.5) is 10.8 Å². The first kappa shape index (κ1) is 11.0. The second-order valence-electron chi connectivity index (χ2n) is 3.49. The lowest BCUT2D eigenvalue weighted by atomic mass is 10.1. The summed E-state index contributed by atoms with van der Waals surface area (Å²) in [6, 6.07) is 8.20. The molecular formula is C11H14N4S. The topological polar surface area (TPSA) is 63.8 Å². The first-order chi connectivity index (χ1) is 7.78. The number of anilines is 2. The molecule has 1 heterocycles. The third-order valence-electron chi connectivity index (χ3n) is 2.16. The molecule has 84 valence electrons. The van der Waals surface area contributed by atoms with E-state index in [0.29, 0.717) is 6.54 Å². The van der Waals surface area contributed by atoms with Gasteiger partial charge in [-0.2, -0.15) is 0 Å². The van der Waals surface area contributed by atoms with Gasteiger partial charge in [-0.3, -0.25) is 0 Å². The van der Waals surface area contributed by atoms with Crippen LogP contribution in [0, 0.1) is 6.92 Å². The van der Waals surface area contributed by atoms with Crippen LogP contribution in [0.1, 0.15) is 10.6 Å². The molecule has 0 amide bonds. The molecule has 5 heteroatoms. The van der Waals surface area contributed by atoms with Crippen LogP contribution in [-0.4, -0.2) is 16.7 Å². The number of benzene rings is 1. The third kappa shape index (κ3) is 2.77. The highest BCUT2D eigenvalue weighted by atomic mass is 32.1. The molecule has 2 aromatic rings. The second kappa shape index (κ2) is 5.05. The van der Waals surface area contributed by atoms with Gasteiger partial charge < -0.3 is 11.1 Å². The molecule has 3 N–H and O–H groups in total. The van der Waals surface area contributed by atoms with Crippen molar-refractivity contribution >= 4 is 22.2 Å². The predicted octanol–water partition coefficient (Wildman–Crippen LogP) is 2.09. The Balaban J connectivity index is 2.05. The number of aryl methyl sites for hydroxylation is 1. The smallest absolute Gasteiger partial charge is 0.210 e. The maximum atomic E-state index is 5.49. The number of nitrogens with two attached hydrogens (primary N) is 1. The van der Waals surface area contributed by atoms with Crippen molar-refractivity contribution in [1.29, 1.82) is 0 Å². The first-order valence-electron chi connectivity index (χ1n) is 5.14. The Bertz CT molecular complexity index is 449. The Morgan fingerprint density at radius 2 is 2.00 bits per heavy atom. The largest absolute Gasteiger partial charge is 0.330 e. The Morgan fingerprint density at radius 3 is 2.56 bits per heavy atom. The van der Waals surface area contributed by atoms with Crippen LogP contribution in [0.5, 0.6) is 0 Å². The molecule has 1 aromatic carbocycles. The van der Waals surface area contributed by atoms with Crippen molar-refractivity contribution in [2.75, 3.05) is 11.9 Å². The fraction of sp³-hybridized carbons (Fsp3) is 0.273. The number of hydrogen-bond acceptors (Lipinski definition) is 5. The Labute approximate surface area is 98.5 Å². The summed E-state index contributed by atoms with van der Waals surface area (Å²) in [5.74, 6) is 0. The summed E-state index contributed by atoms with van der Waals surface area (Å²) in [5, 5.41) is 12.9. The zero-order chi connectivity index (χ0) is 11.4. The highest BCUT2D eigenvalue weighted by Crippen LogP contribution is 2.20. The van der Waals surface area contributed by atoms with Crippen molar-refractivity contribution in [2.24, 2.45) is 5.73 Å². The normalized spacial score (nSPS) is 10.4. The van der Waals surface area contributed by atoms with Gasteiger partial charge in [-0.15, -0.1) is 10.2 Å². The average molecular weight is 234 g/mol. The molecule has 16 heavy (non-hydrogen) atoms. The number of rotatable bonds is 4. The Hall–Kier alpha value is -1.46. The average Bonchev–Trinajstić information content (AvgIpc) is 2.67. The van der Waals surface area contributed by atoms with Gasteiger partial charge in [-0.25, -0.2) is 0 Å². The lowest BCUT2D eigenvalue weighted by molar-refractivity contribution is 0.969. The maximum Gasteiger partial charge on any atom is 0.210 e. The van der Waals surface area contributed by atoms with E-state index in [-0.39, 0.29) is 0 Å². The van der Waals surface area contributed by atoms with E-state index in [2.05, 4.69) is 27.6 Å². The monoisotopic (exact) mass is 234 g/mol. The van der Waals surface area contributed by atoms with Gasteiger partial charge in [0, 0.05) is 5.69 Å². The van der Waals surface area contributed by atoms with Gasteiger partial charge in [0.1, 0.15) is 5.01 Å². The van der Waals surface area contributed by atoms with Gasteiger partial charge in [0.2, 0.25) is 5.13 Å². The van der Waals surface area contributed by atoms with Crippen LogP contribution in [0.3, 0.4) is 0 Å². The quantitative estimate of drug-likeness (QED) is 0.850. The van der Waals surface area contributed by atoms with Crippen molar-refractivity contribution in [3.8, 4) is 0 Å². The summed E-state index contributed by atoms with van der Waals surface area (Å²) < 4.78 is 0. The van der Waals surface area contributed by atoms with Crippen molar-refractivity contribution < 1.29 is 0 Å². The molecule has 0 unspecified atom stereocenters. The van der Waals surface area contributed by atoms with Crippen molar-refractivity contribution in [2.45, 2.75) is 13.3 Å².